The van der Waals surface area contributed by atoms with Crippen molar-refractivity contribution in [2.24, 2.45) is 5.92 Å². The van der Waals surface area contributed by atoms with Crippen LogP contribution in [-0.2, 0) is 0 Å². The second-order valence-corrected chi connectivity index (χ2v) is 5.90. The molecule has 0 heterocycles. The Bertz CT molecular complexity index is 559. The molecule has 0 aliphatic heterocycles. The fraction of sp³-hybridized carbons (Fsp3) is 0.529. The molecule has 1 nitrogen and oxygen atoms in total. The minimum absolute atomic E-state index is 0.0548. The Hall–Kier alpha value is -1.66. The van der Waals surface area contributed by atoms with Gasteiger partial charge >= 0.3 is 6.36 Å². The molecule has 24 heavy (non-hydrogen) atoms. The van der Waals surface area contributed by atoms with E-state index in [2.05, 4.69) is 4.74 Å². The van der Waals surface area contributed by atoms with E-state index in [9.17, 15) is 26.3 Å². The third-order valence-electron chi connectivity index (χ3n) is 4.15. The summed E-state index contributed by atoms with van der Waals surface area (Å²) in [6, 6.07) is 3.52. The summed E-state index contributed by atoms with van der Waals surface area (Å²) in [5.74, 6) is -1.60. The number of alkyl halides is 5. The molecule has 134 valence electrons. The second kappa shape index (κ2) is 7.94. The zero-order valence-electron chi connectivity index (χ0n) is 12.8. The Morgan fingerprint density at radius 3 is 2.33 bits per heavy atom. The minimum atomic E-state index is -4.93. The highest BCUT2D eigenvalue weighted by atomic mass is 19.4. The smallest absolute Gasteiger partial charge is 0.403 e. The van der Waals surface area contributed by atoms with E-state index in [-0.39, 0.29) is 18.3 Å². The summed E-state index contributed by atoms with van der Waals surface area (Å²) in [4.78, 5) is 0. The lowest BCUT2D eigenvalue weighted by Crippen LogP contribution is -2.18. The first-order valence-corrected chi connectivity index (χ1v) is 7.74. The summed E-state index contributed by atoms with van der Waals surface area (Å²) >= 11 is 0. The third kappa shape index (κ3) is 5.76. The first-order valence-electron chi connectivity index (χ1n) is 7.74. The Morgan fingerprint density at radius 1 is 1.12 bits per heavy atom. The van der Waals surface area contributed by atoms with E-state index in [1.165, 1.54) is 12.1 Å². The summed E-state index contributed by atoms with van der Waals surface area (Å²) in [6.45, 7) is 0. The fourth-order valence-electron chi connectivity index (χ4n) is 3.00. The molecule has 1 aromatic carbocycles. The van der Waals surface area contributed by atoms with Gasteiger partial charge in [0.2, 0.25) is 6.43 Å². The van der Waals surface area contributed by atoms with E-state index in [0.717, 1.165) is 37.8 Å². The molecule has 0 bridgehead atoms. The van der Waals surface area contributed by atoms with Gasteiger partial charge in [-0.3, -0.25) is 0 Å². The van der Waals surface area contributed by atoms with Crippen LogP contribution in [0.15, 0.2) is 30.4 Å². The number of ether oxygens (including phenoxy) is 1. The van der Waals surface area contributed by atoms with E-state index >= 15 is 0 Å². The van der Waals surface area contributed by atoms with Gasteiger partial charge in [-0.15, -0.1) is 13.2 Å². The standard InChI is InChI=1S/C17H18F6O/c18-14-10-13(8-9-15(14)24-17(21,22)23)12-6-4-11(5-7-12)2-1-3-16(19)20/h1-2,8-12,16H,3-7H2. The van der Waals surface area contributed by atoms with Gasteiger partial charge in [0.1, 0.15) is 0 Å². The number of hydrogen-bond donors (Lipinski definition) is 0. The molecule has 0 radical (unpaired) electrons. The maximum absolute atomic E-state index is 13.7. The highest BCUT2D eigenvalue weighted by molar-refractivity contribution is 5.31. The first-order chi connectivity index (χ1) is 11.2. The van der Waals surface area contributed by atoms with Crippen molar-refractivity contribution in [3.8, 4) is 5.75 Å². The minimum Gasteiger partial charge on any atom is -0.403 e. The van der Waals surface area contributed by atoms with Gasteiger partial charge in [-0.1, -0.05) is 18.2 Å². The largest absolute Gasteiger partial charge is 0.573 e. The van der Waals surface area contributed by atoms with E-state index < -0.39 is 24.4 Å². The van der Waals surface area contributed by atoms with Crippen molar-refractivity contribution in [2.75, 3.05) is 0 Å². The molecule has 0 aromatic heterocycles. The van der Waals surface area contributed by atoms with Gasteiger partial charge in [0.05, 0.1) is 0 Å². The lowest BCUT2D eigenvalue weighted by molar-refractivity contribution is -0.275. The van der Waals surface area contributed by atoms with E-state index in [0.29, 0.717) is 5.56 Å². The van der Waals surface area contributed by atoms with Crippen molar-refractivity contribution in [3.05, 3.63) is 41.7 Å². The molecule has 2 rings (SSSR count). The topological polar surface area (TPSA) is 9.23 Å². The predicted molar refractivity (Wildman–Crippen MR) is 77.5 cm³/mol. The second-order valence-electron chi connectivity index (χ2n) is 5.90. The first kappa shape index (κ1) is 18.7. The van der Waals surface area contributed by atoms with Crippen molar-refractivity contribution in [2.45, 2.75) is 50.8 Å². The molecule has 0 spiro atoms. The zero-order chi connectivity index (χ0) is 17.7. The fourth-order valence-corrected chi connectivity index (χ4v) is 3.00. The van der Waals surface area contributed by atoms with Crippen LogP contribution in [-0.4, -0.2) is 12.8 Å². The van der Waals surface area contributed by atoms with E-state index in [4.69, 9.17) is 0 Å². The summed E-state index contributed by atoms with van der Waals surface area (Å²) < 4.78 is 77.9. The SMILES string of the molecule is Fc1cc(C2CCC(C=CCC(F)F)CC2)ccc1OC(F)(F)F. The molecule has 0 saturated heterocycles. The lowest BCUT2D eigenvalue weighted by Gasteiger charge is -2.27. The highest BCUT2D eigenvalue weighted by Gasteiger charge is 2.32. The summed E-state index contributed by atoms with van der Waals surface area (Å²) in [6.07, 6.45) is -1.21. The normalized spacial score (nSPS) is 22.3. The molecule has 1 fully saturated rings. The van der Waals surface area contributed by atoms with Crippen LogP contribution in [0.5, 0.6) is 5.75 Å². The number of benzene rings is 1. The molecule has 0 unspecified atom stereocenters. The predicted octanol–water partition coefficient (Wildman–Crippen LogP) is 6.21. The quantitative estimate of drug-likeness (QED) is 0.452. The molecule has 1 aromatic rings. The third-order valence-corrected chi connectivity index (χ3v) is 4.15. The Labute approximate surface area is 136 Å². The van der Waals surface area contributed by atoms with Gasteiger partial charge in [0.15, 0.2) is 11.6 Å². The summed E-state index contributed by atoms with van der Waals surface area (Å²) in [5.41, 5.74) is 0.636. The number of halogens is 6. The van der Waals surface area contributed by atoms with Gasteiger partial charge in [0.25, 0.3) is 0 Å². The molecule has 0 N–H and O–H groups in total. The highest BCUT2D eigenvalue weighted by Crippen LogP contribution is 2.38. The van der Waals surface area contributed by atoms with Crippen LogP contribution in [0.3, 0.4) is 0 Å². The molecular formula is C17H18F6O. The van der Waals surface area contributed by atoms with E-state index in [1.807, 2.05) is 0 Å². The van der Waals surface area contributed by atoms with Crippen LogP contribution in [0.4, 0.5) is 26.3 Å². The molecule has 0 amide bonds. The van der Waals surface area contributed by atoms with E-state index in [1.54, 1.807) is 6.08 Å². The van der Waals surface area contributed by atoms with Crippen LogP contribution in [0.25, 0.3) is 0 Å². The maximum Gasteiger partial charge on any atom is 0.573 e. The number of hydrogen-bond acceptors (Lipinski definition) is 1. The molecule has 1 aliphatic carbocycles. The van der Waals surface area contributed by atoms with Gasteiger partial charge < -0.3 is 4.74 Å². The molecule has 1 aliphatic rings. The van der Waals surface area contributed by atoms with Gasteiger partial charge in [-0.25, -0.2) is 13.2 Å². The lowest BCUT2D eigenvalue weighted by atomic mass is 9.78. The number of rotatable bonds is 5. The van der Waals surface area contributed by atoms with Crippen molar-refractivity contribution in [3.63, 3.8) is 0 Å². The zero-order valence-corrected chi connectivity index (χ0v) is 12.8. The molecule has 0 atom stereocenters. The van der Waals surface area contributed by atoms with Crippen molar-refractivity contribution >= 4 is 0 Å². The van der Waals surface area contributed by atoms with Gasteiger partial charge in [0, 0.05) is 6.42 Å². The summed E-state index contributed by atoms with van der Waals surface area (Å²) in [7, 11) is 0. The molecule has 7 heteroatoms. The molecular weight excluding hydrogens is 334 g/mol. The van der Waals surface area contributed by atoms with Crippen LogP contribution in [0.2, 0.25) is 0 Å². The van der Waals surface area contributed by atoms with Crippen molar-refractivity contribution in [1.82, 2.24) is 0 Å². The van der Waals surface area contributed by atoms with Crippen LogP contribution in [0, 0.1) is 11.7 Å². The number of allylic oxidation sites excluding steroid dienone is 2. The van der Waals surface area contributed by atoms with Crippen LogP contribution >= 0.6 is 0 Å². The van der Waals surface area contributed by atoms with Gasteiger partial charge in [-0.05, 0) is 55.2 Å². The van der Waals surface area contributed by atoms with Crippen LogP contribution < -0.4 is 4.74 Å². The average Bonchev–Trinajstić information content (AvgIpc) is 2.48. The maximum atomic E-state index is 13.7. The Morgan fingerprint density at radius 2 is 1.79 bits per heavy atom. The summed E-state index contributed by atoms with van der Waals surface area (Å²) in [5, 5.41) is 0. The average molecular weight is 352 g/mol. The van der Waals surface area contributed by atoms with Gasteiger partial charge in [-0.2, -0.15) is 0 Å². The van der Waals surface area contributed by atoms with Crippen LogP contribution in [0.1, 0.15) is 43.6 Å². The molecule has 1 saturated carbocycles. The Kier molecular flexibility index (Phi) is 6.18. The monoisotopic (exact) mass is 352 g/mol. The van der Waals surface area contributed by atoms with Crippen molar-refractivity contribution in [1.29, 1.82) is 0 Å². The van der Waals surface area contributed by atoms with Crippen molar-refractivity contribution < 1.29 is 31.1 Å². The Balaban J connectivity index is 1.92.